The normalized spacial score (nSPS) is 48.4. The summed E-state index contributed by atoms with van der Waals surface area (Å²) in [6.07, 6.45) is 8.21. The second-order valence-corrected chi connectivity index (χ2v) is 18.0. The molecule has 0 amide bonds. The Morgan fingerprint density at radius 3 is 2.57 bits per heavy atom. The lowest BCUT2D eigenvalue weighted by Gasteiger charge is -2.63. The fourth-order valence-corrected chi connectivity index (χ4v) is 12.8. The van der Waals surface area contributed by atoms with Crippen LogP contribution in [0.4, 0.5) is 0 Å². The van der Waals surface area contributed by atoms with Crippen LogP contribution in [0, 0.1) is 63.0 Å². The molecule has 7 aliphatic rings. The Morgan fingerprint density at radius 1 is 1.15 bits per heavy atom. The number of fused-ring (bicyclic) bond motifs is 4. The van der Waals surface area contributed by atoms with Gasteiger partial charge in [0.15, 0.2) is 12.4 Å². The van der Waals surface area contributed by atoms with Gasteiger partial charge in [0.05, 0.1) is 24.4 Å². The van der Waals surface area contributed by atoms with Gasteiger partial charge in [0, 0.05) is 31.3 Å². The number of ether oxygens (including phenoxy) is 4. The van der Waals surface area contributed by atoms with E-state index in [1.165, 1.54) is 26.2 Å². The molecule has 5 aliphatic carbocycles. The summed E-state index contributed by atoms with van der Waals surface area (Å²) >= 11 is 0. The third-order valence-corrected chi connectivity index (χ3v) is 15.1. The van der Waals surface area contributed by atoms with Crippen molar-refractivity contribution < 1.29 is 34.0 Å². The Balaban J connectivity index is 1.14. The number of esters is 1. The van der Waals surface area contributed by atoms with Gasteiger partial charge in [0.1, 0.15) is 12.2 Å². The molecule has 3 radical (unpaired) electrons. The third-order valence-electron chi connectivity index (χ3n) is 15.1. The van der Waals surface area contributed by atoms with E-state index in [0.29, 0.717) is 18.4 Å². The van der Waals surface area contributed by atoms with Crippen LogP contribution in [0.25, 0.3) is 0 Å². The van der Waals surface area contributed by atoms with Crippen molar-refractivity contribution in [2.75, 3.05) is 26.2 Å². The minimum absolute atomic E-state index is 0.0497. The minimum Gasteiger partial charge on any atom is -0.456 e. The van der Waals surface area contributed by atoms with Crippen molar-refractivity contribution in [3.05, 3.63) is 18.1 Å². The molecule has 259 valence electrons. The monoisotopic (exact) mass is 642 g/mol. The fraction of sp³-hybridized carbons (Fsp3) is 0.895. The fourth-order valence-electron chi connectivity index (χ4n) is 12.8. The van der Waals surface area contributed by atoms with Crippen molar-refractivity contribution in [1.29, 1.82) is 0 Å². The summed E-state index contributed by atoms with van der Waals surface area (Å²) in [5.41, 5.74) is -1.33. The second kappa shape index (κ2) is 10.9. The molecular formula is C38H60NO7. The average Bonchev–Trinajstić information content (AvgIpc) is 3.61. The van der Waals surface area contributed by atoms with Gasteiger partial charge in [0.2, 0.25) is 0 Å². The number of morpholine rings is 1. The summed E-state index contributed by atoms with van der Waals surface area (Å²) in [5, 5.41) is 23.5. The maximum absolute atomic E-state index is 12.5. The lowest BCUT2D eigenvalue weighted by atomic mass is 9.41. The predicted octanol–water partition coefficient (Wildman–Crippen LogP) is 5.85. The number of aliphatic hydroxyl groups is 2. The highest BCUT2D eigenvalue weighted by molar-refractivity contribution is 5.66. The van der Waals surface area contributed by atoms with Crippen molar-refractivity contribution in [2.45, 2.75) is 144 Å². The van der Waals surface area contributed by atoms with Crippen LogP contribution in [0.5, 0.6) is 0 Å². The number of aliphatic hydroxyl groups excluding tert-OH is 1. The van der Waals surface area contributed by atoms with Gasteiger partial charge in [-0.1, -0.05) is 41.5 Å². The molecule has 46 heavy (non-hydrogen) atoms. The maximum atomic E-state index is 12.5. The van der Waals surface area contributed by atoms with E-state index in [4.69, 9.17) is 18.9 Å². The predicted molar refractivity (Wildman–Crippen MR) is 173 cm³/mol. The Bertz CT molecular complexity index is 1200. The van der Waals surface area contributed by atoms with Gasteiger partial charge < -0.3 is 29.2 Å². The number of carbonyl (C=O) groups excluding carboxylic acids is 1. The second-order valence-electron chi connectivity index (χ2n) is 18.0. The Morgan fingerprint density at radius 2 is 1.89 bits per heavy atom. The van der Waals surface area contributed by atoms with Crippen LogP contribution in [-0.4, -0.2) is 77.5 Å². The highest BCUT2D eigenvalue weighted by atomic mass is 16.7. The van der Waals surface area contributed by atoms with Gasteiger partial charge in [-0.25, -0.2) is 0 Å². The molecule has 7 fully saturated rings. The molecule has 2 heterocycles. The number of nitrogens with zero attached hydrogens (tertiary/aromatic N) is 1. The van der Waals surface area contributed by atoms with Gasteiger partial charge in [-0.05, 0) is 111 Å². The molecule has 5 saturated carbocycles. The molecule has 0 bridgehead atoms. The first-order chi connectivity index (χ1) is 21.5. The summed E-state index contributed by atoms with van der Waals surface area (Å²) in [7, 11) is 0. The van der Waals surface area contributed by atoms with E-state index in [1.807, 2.05) is 0 Å². The van der Waals surface area contributed by atoms with Gasteiger partial charge in [-0.2, -0.15) is 0 Å². The standard InChI is InChI=1S/C38H60NO7/c1-10-39-17-18-43-28(20-39)46-27-13-14-37-21-38(37)16-15-35(8)29-22(2)19-24(32(34(6,7)42)44-23(3)40)45-30(29)31(41)36(35,9)26(38)12-11-25(37)33(27,4)5/h22,25,27-29,31-32,41-42H,10-21H2,1-9H3/t22-,25+,27+,28+,29+,31+,32+,35-,36-,37-,38+/m1/s1. The van der Waals surface area contributed by atoms with Crippen LogP contribution in [0.1, 0.15) is 114 Å². The first-order valence-electron chi connectivity index (χ1n) is 18.3. The highest BCUT2D eigenvalue weighted by Gasteiger charge is 2.85. The van der Waals surface area contributed by atoms with Crippen LogP contribution >= 0.6 is 0 Å². The molecule has 2 aliphatic heterocycles. The molecule has 2 spiro atoms. The smallest absolute Gasteiger partial charge is 0.303 e. The summed E-state index contributed by atoms with van der Waals surface area (Å²) in [4.78, 5) is 14.5. The summed E-state index contributed by atoms with van der Waals surface area (Å²) in [6.45, 7) is 22.4. The number of carbonyl (C=O) groups is 1. The summed E-state index contributed by atoms with van der Waals surface area (Å²) in [6, 6.07) is 0. The molecule has 2 N–H and O–H groups in total. The largest absolute Gasteiger partial charge is 0.456 e. The van der Waals surface area contributed by atoms with Crippen molar-refractivity contribution in [1.82, 2.24) is 4.90 Å². The van der Waals surface area contributed by atoms with Crippen molar-refractivity contribution in [3.63, 3.8) is 0 Å². The Hall–Kier alpha value is -0.770. The molecule has 0 aromatic rings. The summed E-state index contributed by atoms with van der Waals surface area (Å²) in [5.74, 6) is 2.03. The number of rotatable bonds is 6. The van der Waals surface area contributed by atoms with Gasteiger partial charge >= 0.3 is 5.97 Å². The third kappa shape index (κ3) is 4.48. The molecule has 11 atom stereocenters. The van der Waals surface area contributed by atoms with Crippen LogP contribution < -0.4 is 0 Å². The molecule has 0 unspecified atom stereocenters. The molecule has 0 aromatic heterocycles. The SMILES string of the molecule is CCN1CCO[C@@H](O[C@H]2CC[C@]34C[C@]35CC[C@]3(C)[C@@H]6[C](O[C]([C@H](OC(C)=O)C(C)(C)O)C[C@H]6C)[C@H](O)[C@@]3(C)[C]5CC[C@H]4C2(C)C)C1. The van der Waals surface area contributed by atoms with E-state index in [-0.39, 0.29) is 45.9 Å². The number of likely N-dealkylation sites (N-methyl/N-ethyl adjacent to an activating group) is 1. The molecular weight excluding hydrogens is 582 g/mol. The first-order valence-corrected chi connectivity index (χ1v) is 18.3. The Kier molecular flexibility index (Phi) is 7.96. The molecule has 8 nitrogen and oxygen atoms in total. The van der Waals surface area contributed by atoms with Crippen LogP contribution in [0.15, 0.2) is 0 Å². The molecule has 7 rings (SSSR count). The number of hydrogen-bond acceptors (Lipinski definition) is 8. The van der Waals surface area contributed by atoms with Crippen molar-refractivity contribution in [3.8, 4) is 0 Å². The van der Waals surface area contributed by atoms with Crippen LogP contribution in [-0.2, 0) is 23.7 Å². The van der Waals surface area contributed by atoms with Gasteiger partial charge in [0.25, 0.3) is 0 Å². The molecule has 2 saturated heterocycles. The topological polar surface area (TPSA) is 97.7 Å². The summed E-state index contributed by atoms with van der Waals surface area (Å²) < 4.78 is 25.2. The van der Waals surface area contributed by atoms with E-state index < -0.39 is 29.2 Å². The zero-order valence-corrected chi connectivity index (χ0v) is 29.9. The first kappa shape index (κ1) is 33.7. The zero-order chi connectivity index (χ0) is 33.2. The highest BCUT2D eigenvalue weighted by Crippen LogP contribution is 2.90. The van der Waals surface area contributed by atoms with E-state index in [1.54, 1.807) is 19.8 Å². The van der Waals surface area contributed by atoms with Gasteiger partial charge in [-0.15, -0.1) is 0 Å². The molecule has 8 heteroatoms. The van der Waals surface area contributed by atoms with E-state index in [0.717, 1.165) is 58.0 Å². The van der Waals surface area contributed by atoms with Gasteiger partial charge in [-0.3, -0.25) is 9.69 Å². The Labute approximate surface area is 277 Å². The van der Waals surface area contributed by atoms with Crippen molar-refractivity contribution >= 4 is 5.97 Å². The lowest BCUT2D eigenvalue weighted by Crippen LogP contribution is -2.59. The minimum atomic E-state index is -1.30. The van der Waals surface area contributed by atoms with E-state index >= 15 is 0 Å². The van der Waals surface area contributed by atoms with Crippen LogP contribution in [0.3, 0.4) is 0 Å². The number of hydrogen-bond donors (Lipinski definition) is 2. The van der Waals surface area contributed by atoms with Crippen LogP contribution in [0.2, 0.25) is 0 Å². The van der Waals surface area contributed by atoms with E-state index in [2.05, 4.69) is 46.4 Å². The maximum Gasteiger partial charge on any atom is 0.303 e. The zero-order valence-electron chi connectivity index (χ0n) is 29.9. The van der Waals surface area contributed by atoms with E-state index in [9.17, 15) is 15.0 Å². The lowest BCUT2D eigenvalue weighted by molar-refractivity contribution is -0.243. The quantitative estimate of drug-likeness (QED) is 0.349. The molecule has 0 aromatic carbocycles. The average molecular weight is 643 g/mol. The van der Waals surface area contributed by atoms with Crippen molar-refractivity contribution in [2.24, 2.45) is 44.8 Å².